The lowest BCUT2D eigenvalue weighted by molar-refractivity contribution is -0.133. The number of unbranched alkanes of at least 4 members (excludes halogenated alkanes) is 1. The molecule has 4 nitrogen and oxygen atoms in total. The van der Waals surface area contributed by atoms with Crippen LogP contribution < -0.4 is 10.6 Å². The molecule has 1 fully saturated rings. The van der Waals surface area contributed by atoms with Crippen LogP contribution >= 0.6 is 0 Å². The molecule has 96 valence electrons. The van der Waals surface area contributed by atoms with E-state index < -0.39 is 0 Å². The minimum Gasteiger partial charge on any atom is -0.352 e. The molecular formula is C14H18N2O2. The topological polar surface area (TPSA) is 58.2 Å². The molecule has 1 aliphatic heterocycles. The standard InChI is InChI=1S/C14H18N2O2/c17-13(16-12-10-15-14(12)18)9-5-4-8-11-6-2-1-3-7-11/h1-3,6-7,12H,4-5,8-10H2,(H,15,18)(H,16,17). The van der Waals surface area contributed by atoms with Crippen molar-refractivity contribution in [2.24, 2.45) is 0 Å². The van der Waals surface area contributed by atoms with E-state index in [1.165, 1.54) is 5.56 Å². The summed E-state index contributed by atoms with van der Waals surface area (Å²) in [6.45, 7) is 0.564. The number of hydrogen-bond donors (Lipinski definition) is 2. The second-order valence-electron chi connectivity index (χ2n) is 4.56. The van der Waals surface area contributed by atoms with E-state index >= 15 is 0 Å². The number of carbonyl (C=O) groups excluding carboxylic acids is 2. The van der Waals surface area contributed by atoms with E-state index in [1.54, 1.807) is 0 Å². The van der Waals surface area contributed by atoms with E-state index in [-0.39, 0.29) is 17.9 Å². The molecule has 4 heteroatoms. The average molecular weight is 246 g/mol. The maximum Gasteiger partial charge on any atom is 0.244 e. The van der Waals surface area contributed by atoms with Gasteiger partial charge in [-0.1, -0.05) is 30.3 Å². The highest BCUT2D eigenvalue weighted by molar-refractivity contribution is 5.92. The van der Waals surface area contributed by atoms with Gasteiger partial charge in [0.25, 0.3) is 0 Å². The first-order chi connectivity index (χ1) is 8.75. The van der Waals surface area contributed by atoms with E-state index in [1.807, 2.05) is 18.2 Å². The zero-order valence-corrected chi connectivity index (χ0v) is 10.3. The Labute approximate surface area is 107 Å². The van der Waals surface area contributed by atoms with Crippen molar-refractivity contribution < 1.29 is 9.59 Å². The predicted molar refractivity (Wildman–Crippen MR) is 68.9 cm³/mol. The van der Waals surface area contributed by atoms with Crippen LogP contribution in [0.5, 0.6) is 0 Å². The first kappa shape index (κ1) is 12.6. The number of carbonyl (C=O) groups is 2. The zero-order valence-electron chi connectivity index (χ0n) is 10.3. The average Bonchev–Trinajstić information content (AvgIpc) is 2.40. The van der Waals surface area contributed by atoms with Gasteiger partial charge in [0, 0.05) is 13.0 Å². The monoisotopic (exact) mass is 246 g/mol. The lowest BCUT2D eigenvalue weighted by Crippen LogP contribution is -2.61. The van der Waals surface area contributed by atoms with Crippen molar-refractivity contribution in [2.45, 2.75) is 31.7 Å². The Hall–Kier alpha value is -1.84. The molecule has 0 aliphatic carbocycles. The van der Waals surface area contributed by atoms with Crippen molar-refractivity contribution in [3.05, 3.63) is 35.9 Å². The van der Waals surface area contributed by atoms with Crippen LogP contribution in [0.3, 0.4) is 0 Å². The minimum absolute atomic E-state index is 0.0251. The van der Waals surface area contributed by atoms with E-state index in [9.17, 15) is 9.59 Å². The normalized spacial score (nSPS) is 17.8. The quantitative estimate of drug-likeness (QED) is 0.581. The summed E-state index contributed by atoms with van der Waals surface area (Å²) in [5.74, 6) is -0.101. The molecule has 2 amide bonds. The fraction of sp³-hybridized carbons (Fsp3) is 0.429. The summed E-state index contributed by atoms with van der Waals surface area (Å²) in [5.41, 5.74) is 1.30. The molecule has 0 saturated carbocycles. The first-order valence-corrected chi connectivity index (χ1v) is 6.37. The Morgan fingerprint density at radius 3 is 2.67 bits per heavy atom. The van der Waals surface area contributed by atoms with E-state index in [0.29, 0.717) is 13.0 Å². The van der Waals surface area contributed by atoms with Gasteiger partial charge in [-0.2, -0.15) is 0 Å². The van der Waals surface area contributed by atoms with E-state index in [0.717, 1.165) is 19.3 Å². The summed E-state index contributed by atoms with van der Waals surface area (Å²) >= 11 is 0. The summed E-state index contributed by atoms with van der Waals surface area (Å²) in [5, 5.41) is 5.31. The second-order valence-corrected chi connectivity index (χ2v) is 4.56. The molecular weight excluding hydrogens is 228 g/mol. The highest BCUT2D eigenvalue weighted by Crippen LogP contribution is 2.06. The molecule has 0 radical (unpaired) electrons. The molecule has 1 aromatic carbocycles. The number of amides is 2. The fourth-order valence-corrected chi connectivity index (χ4v) is 1.93. The molecule has 18 heavy (non-hydrogen) atoms. The van der Waals surface area contributed by atoms with Crippen molar-refractivity contribution in [1.29, 1.82) is 0 Å². The van der Waals surface area contributed by atoms with E-state index in [4.69, 9.17) is 0 Å². The van der Waals surface area contributed by atoms with Crippen LogP contribution in [-0.4, -0.2) is 24.4 Å². The third kappa shape index (κ3) is 3.58. The van der Waals surface area contributed by atoms with Crippen LogP contribution in [0.15, 0.2) is 30.3 Å². The highest BCUT2D eigenvalue weighted by atomic mass is 16.2. The SMILES string of the molecule is O=C(CCCCc1ccccc1)NC1CNC1=O. The highest BCUT2D eigenvalue weighted by Gasteiger charge is 2.28. The summed E-state index contributed by atoms with van der Waals surface area (Å²) < 4.78 is 0. The van der Waals surface area contributed by atoms with Crippen molar-refractivity contribution in [1.82, 2.24) is 10.6 Å². The number of hydrogen-bond acceptors (Lipinski definition) is 2. The summed E-state index contributed by atoms with van der Waals surface area (Å²) in [4.78, 5) is 22.5. The van der Waals surface area contributed by atoms with Gasteiger partial charge in [0.05, 0.1) is 0 Å². The van der Waals surface area contributed by atoms with Gasteiger partial charge in [0.2, 0.25) is 11.8 Å². The number of β-lactam (4-membered cyclic amide) rings is 1. The number of nitrogens with one attached hydrogen (secondary N) is 2. The van der Waals surface area contributed by atoms with Gasteiger partial charge in [-0.15, -0.1) is 0 Å². The van der Waals surface area contributed by atoms with Gasteiger partial charge in [0.1, 0.15) is 6.04 Å². The first-order valence-electron chi connectivity index (χ1n) is 6.37. The fourth-order valence-electron chi connectivity index (χ4n) is 1.93. The Morgan fingerprint density at radius 2 is 2.06 bits per heavy atom. The molecule has 0 aromatic heterocycles. The summed E-state index contributed by atoms with van der Waals surface area (Å²) in [7, 11) is 0. The van der Waals surface area contributed by atoms with Crippen LogP contribution in [0.4, 0.5) is 0 Å². The lowest BCUT2D eigenvalue weighted by Gasteiger charge is -2.26. The van der Waals surface area contributed by atoms with Gasteiger partial charge in [-0.05, 0) is 24.8 Å². The molecule has 1 heterocycles. The number of aryl methyl sites for hydroxylation is 1. The maximum absolute atomic E-state index is 11.5. The Morgan fingerprint density at radius 1 is 1.28 bits per heavy atom. The number of rotatable bonds is 6. The smallest absolute Gasteiger partial charge is 0.244 e. The Balaban J connectivity index is 1.58. The molecule has 1 unspecified atom stereocenters. The molecule has 1 atom stereocenters. The molecule has 2 N–H and O–H groups in total. The van der Waals surface area contributed by atoms with Gasteiger partial charge < -0.3 is 10.6 Å². The van der Waals surface area contributed by atoms with Gasteiger partial charge in [-0.3, -0.25) is 9.59 Å². The summed E-state index contributed by atoms with van der Waals surface area (Å²) in [6, 6.07) is 9.94. The molecule has 0 bridgehead atoms. The van der Waals surface area contributed by atoms with Crippen molar-refractivity contribution in [2.75, 3.05) is 6.54 Å². The van der Waals surface area contributed by atoms with Crippen LogP contribution in [0.25, 0.3) is 0 Å². The molecule has 1 aliphatic rings. The van der Waals surface area contributed by atoms with Gasteiger partial charge >= 0.3 is 0 Å². The van der Waals surface area contributed by atoms with Crippen LogP contribution in [-0.2, 0) is 16.0 Å². The second kappa shape index (κ2) is 6.19. The van der Waals surface area contributed by atoms with Crippen molar-refractivity contribution in [3.8, 4) is 0 Å². The van der Waals surface area contributed by atoms with Gasteiger partial charge in [0.15, 0.2) is 0 Å². The van der Waals surface area contributed by atoms with Crippen molar-refractivity contribution >= 4 is 11.8 Å². The largest absolute Gasteiger partial charge is 0.352 e. The van der Waals surface area contributed by atoms with Crippen LogP contribution in [0, 0.1) is 0 Å². The molecule has 0 spiro atoms. The summed E-state index contributed by atoms with van der Waals surface area (Å²) in [6.07, 6.45) is 3.35. The van der Waals surface area contributed by atoms with E-state index in [2.05, 4.69) is 22.8 Å². The number of benzene rings is 1. The Kier molecular flexibility index (Phi) is 4.34. The van der Waals surface area contributed by atoms with Crippen LogP contribution in [0.1, 0.15) is 24.8 Å². The zero-order chi connectivity index (χ0) is 12.8. The molecule has 1 aromatic rings. The predicted octanol–water partition coefficient (Wildman–Crippen LogP) is 1.01. The van der Waals surface area contributed by atoms with Gasteiger partial charge in [-0.25, -0.2) is 0 Å². The van der Waals surface area contributed by atoms with Crippen LogP contribution in [0.2, 0.25) is 0 Å². The minimum atomic E-state index is -0.299. The Bertz CT molecular complexity index is 417. The third-order valence-electron chi connectivity index (χ3n) is 3.09. The molecule has 1 saturated heterocycles. The lowest BCUT2D eigenvalue weighted by atomic mass is 10.1. The molecule has 2 rings (SSSR count). The van der Waals surface area contributed by atoms with Crippen molar-refractivity contribution in [3.63, 3.8) is 0 Å². The third-order valence-corrected chi connectivity index (χ3v) is 3.09. The maximum atomic E-state index is 11.5.